The Hall–Kier alpha value is -2.22. The number of nitriles is 1. The largest absolute Gasteiger partial charge is 0.493 e. The maximum atomic E-state index is 12.0. The first kappa shape index (κ1) is 16.2. The zero-order valence-corrected chi connectivity index (χ0v) is 13.3. The van der Waals surface area contributed by atoms with E-state index in [2.05, 4.69) is 6.07 Å². The van der Waals surface area contributed by atoms with Crippen molar-refractivity contribution in [1.29, 1.82) is 5.26 Å². The second kappa shape index (κ2) is 6.69. The number of nitrogens with zero attached hydrogens (tertiary/aromatic N) is 2. The highest BCUT2D eigenvalue weighted by molar-refractivity contribution is 5.68. The molecule has 22 heavy (non-hydrogen) atoms. The number of carbonyl (C=O) groups excluding carboxylic acids is 1. The van der Waals surface area contributed by atoms with Crippen LogP contribution in [-0.4, -0.2) is 36.3 Å². The van der Waals surface area contributed by atoms with Crippen LogP contribution in [0.5, 0.6) is 5.75 Å². The molecular weight excluding hydrogens is 280 g/mol. The molecule has 1 aliphatic rings. The Bertz CT molecular complexity index is 572. The van der Waals surface area contributed by atoms with Gasteiger partial charge in [-0.05, 0) is 45.4 Å². The molecule has 0 unspecified atom stereocenters. The maximum Gasteiger partial charge on any atom is 0.410 e. The summed E-state index contributed by atoms with van der Waals surface area (Å²) in [6.45, 7) is 7.47. The van der Waals surface area contributed by atoms with E-state index in [1.807, 2.05) is 26.8 Å². The van der Waals surface area contributed by atoms with Gasteiger partial charge in [-0.2, -0.15) is 5.26 Å². The van der Waals surface area contributed by atoms with Crippen LogP contribution in [0.3, 0.4) is 0 Å². The lowest BCUT2D eigenvalue weighted by Crippen LogP contribution is -2.35. The van der Waals surface area contributed by atoms with Gasteiger partial charge < -0.3 is 14.4 Å². The summed E-state index contributed by atoms with van der Waals surface area (Å²) in [4.78, 5) is 13.7. The molecule has 0 aromatic heterocycles. The zero-order valence-electron chi connectivity index (χ0n) is 13.3. The van der Waals surface area contributed by atoms with Crippen LogP contribution >= 0.6 is 0 Å². The highest BCUT2D eigenvalue weighted by Crippen LogP contribution is 2.21. The predicted octanol–water partition coefficient (Wildman–Crippen LogP) is 3.19. The summed E-state index contributed by atoms with van der Waals surface area (Å²) in [5, 5.41) is 8.87. The molecule has 0 bridgehead atoms. The normalized spacial score (nSPS) is 17.9. The van der Waals surface area contributed by atoms with Crippen LogP contribution in [0, 0.1) is 17.2 Å². The summed E-state index contributed by atoms with van der Waals surface area (Å²) in [6.07, 6.45) is 0.637. The number of hydrogen-bond acceptors (Lipinski definition) is 4. The molecule has 0 aliphatic carbocycles. The fourth-order valence-electron chi connectivity index (χ4n) is 2.33. The molecule has 1 heterocycles. The van der Waals surface area contributed by atoms with Crippen molar-refractivity contribution in [3.63, 3.8) is 0 Å². The fraction of sp³-hybridized carbons (Fsp3) is 0.529. The quantitative estimate of drug-likeness (QED) is 0.860. The molecule has 1 fully saturated rings. The van der Waals surface area contributed by atoms with E-state index in [1.165, 1.54) is 0 Å². The van der Waals surface area contributed by atoms with E-state index < -0.39 is 5.60 Å². The molecule has 118 valence electrons. The van der Waals surface area contributed by atoms with Gasteiger partial charge in [0.05, 0.1) is 18.2 Å². The Labute approximate surface area is 131 Å². The molecule has 1 amide bonds. The van der Waals surface area contributed by atoms with Gasteiger partial charge in [0.15, 0.2) is 0 Å². The molecule has 0 radical (unpaired) electrons. The average Bonchev–Trinajstić information content (AvgIpc) is 2.92. The molecule has 0 saturated carbocycles. The molecular formula is C17H22N2O3. The van der Waals surface area contributed by atoms with Crippen molar-refractivity contribution in [3.8, 4) is 11.8 Å². The van der Waals surface area contributed by atoms with Gasteiger partial charge in [0.25, 0.3) is 0 Å². The topological polar surface area (TPSA) is 62.6 Å². The van der Waals surface area contributed by atoms with Gasteiger partial charge in [-0.3, -0.25) is 0 Å². The van der Waals surface area contributed by atoms with Crippen molar-refractivity contribution >= 4 is 6.09 Å². The van der Waals surface area contributed by atoms with Gasteiger partial charge in [0, 0.05) is 19.0 Å². The molecule has 5 heteroatoms. The monoisotopic (exact) mass is 302 g/mol. The minimum Gasteiger partial charge on any atom is -0.493 e. The number of hydrogen-bond donors (Lipinski definition) is 0. The predicted molar refractivity (Wildman–Crippen MR) is 82.6 cm³/mol. The first-order valence-electron chi connectivity index (χ1n) is 7.48. The number of rotatable bonds is 3. The van der Waals surface area contributed by atoms with E-state index in [0.717, 1.165) is 6.42 Å². The molecule has 1 atom stereocenters. The Morgan fingerprint density at radius 3 is 2.91 bits per heavy atom. The molecule has 1 saturated heterocycles. The van der Waals surface area contributed by atoms with Gasteiger partial charge in [-0.1, -0.05) is 6.07 Å². The second-order valence-corrected chi connectivity index (χ2v) is 6.53. The highest BCUT2D eigenvalue weighted by Gasteiger charge is 2.30. The lowest BCUT2D eigenvalue weighted by atomic mass is 10.1. The average molecular weight is 302 g/mol. The smallest absolute Gasteiger partial charge is 0.410 e. The van der Waals surface area contributed by atoms with Gasteiger partial charge in [-0.15, -0.1) is 0 Å². The van der Waals surface area contributed by atoms with Crippen molar-refractivity contribution in [3.05, 3.63) is 29.8 Å². The Balaban J connectivity index is 1.81. The molecule has 1 aliphatic heterocycles. The van der Waals surface area contributed by atoms with E-state index in [1.54, 1.807) is 23.1 Å². The van der Waals surface area contributed by atoms with Gasteiger partial charge >= 0.3 is 6.09 Å². The lowest BCUT2D eigenvalue weighted by Gasteiger charge is -2.24. The Morgan fingerprint density at radius 2 is 2.23 bits per heavy atom. The zero-order chi connectivity index (χ0) is 16.2. The summed E-state index contributed by atoms with van der Waals surface area (Å²) >= 11 is 0. The summed E-state index contributed by atoms with van der Waals surface area (Å²) in [5.74, 6) is 0.980. The molecule has 1 aromatic carbocycles. The fourth-order valence-corrected chi connectivity index (χ4v) is 2.33. The third kappa shape index (κ3) is 4.66. The van der Waals surface area contributed by atoms with Crippen LogP contribution in [-0.2, 0) is 4.74 Å². The molecule has 2 rings (SSSR count). The van der Waals surface area contributed by atoms with Crippen molar-refractivity contribution in [2.45, 2.75) is 32.8 Å². The van der Waals surface area contributed by atoms with E-state index in [-0.39, 0.29) is 6.09 Å². The number of benzene rings is 1. The first-order valence-corrected chi connectivity index (χ1v) is 7.48. The molecule has 0 N–H and O–H groups in total. The molecule has 5 nitrogen and oxygen atoms in total. The summed E-state index contributed by atoms with van der Waals surface area (Å²) in [5.41, 5.74) is 0.114. The minimum atomic E-state index is -0.469. The highest BCUT2D eigenvalue weighted by atomic mass is 16.6. The van der Waals surface area contributed by atoms with Gasteiger partial charge in [0.2, 0.25) is 0 Å². The number of likely N-dealkylation sites (tertiary alicyclic amines) is 1. The van der Waals surface area contributed by atoms with Gasteiger partial charge in [-0.25, -0.2) is 4.79 Å². The van der Waals surface area contributed by atoms with E-state index in [0.29, 0.717) is 36.9 Å². The van der Waals surface area contributed by atoms with Crippen molar-refractivity contribution in [2.75, 3.05) is 19.7 Å². The summed E-state index contributed by atoms with van der Waals surface area (Å²) < 4.78 is 11.1. The molecule has 0 spiro atoms. The Kier molecular flexibility index (Phi) is 4.92. The van der Waals surface area contributed by atoms with E-state index in [4.69, 9.17) is 14.7 Å². The van der Waals surface area contributed by atoms with Gasteiger partial charge in [0.1, 0.15) is 11.4 Å². The lowest BCUT2D eigenvalue weighted by molar-refractivity contribution is 0.0285. The molecule has 1 aromatic rings. The van der Waals surface area contributed by atoms with Crippen LogP contribution in [0.4, 0.5) is 4.79 Å². The van der Waals surface area contributed by atoms with E-state index >= 15 is 0 Å². The van der Waals surface area contributed by atoms with Crippen LogP contribution in [0.25, 0.3) is 0 Å². The Morgan fingerprint density at radius 1 is 1.45 bits per heavy atom. The van der Waals surface area contributed by atoms with Crippen LogP contribution in [0.15, 0.2) is 24.3 Å². The van der Waals surface area contributed by atoms with Crippen LogP contribution in [0.1, 0.15) is 32.8 Å². The minimum absolute atomic E-state index is 0.263. The summed E-state index contributed by atoms with van der Waals surface area (Å²) in [7, 11) is 0. The first-order chi connectivity index (χ1) is 10.4. The van der Waals surface area contributed by atoms with Crippen LogP contribution < -0.4 is 4.74 Å². The number of ether oxygens (including phenoxy) is 2. The van der Waals surface area contributed by atoms with Crippen molar-refractivity contribution in [1.82, 2.24) is 4.90 Å². The van der Waals surface area contributed by atoms with Crippen LogP contribution in [0.2, 0.25) is 0 Å². The van der Waals surface area contributed by atoms with E-state index in [9.17, 15) is 4.79 Å². The third-order valence-electron chi connectivity index (χ3n) is 3.39. The third-order valence-corrected chi connectivity index (χ3v) is 3.39. The number of amides is 1. The standard InChI is InChI=1S/C17H22N2O3/c1-17(2,3)22-16(20)19-8-7-14(11-19)12-21-15-6-4-5-13(9-15)10-18/h4-6,9,14H,7-8,11-12H2,1-3H3/t14-/m1/s1. The second-order valence-electron chi connectivity index (χ2n) is 6.53. The summed E-state index contributed by atoms with van der Waals surface area (Å²) in [6, 6.07) is 9.19. The van der Waals surface area contributed by atoms with Crippen molar-refractivity contribution in [2.24, 2.45) is 5.92 Å². The maximum absolute atomic E-state index is 12.0. The van der Waals surface area contributed by atoms with Crippen molar-refractivity contribution < 1.29 is 14.3 Å². The number of carbonyl (C=O) groups is 1. The SMILES string of the molecule is CC(C)(C)OC(=O)N1CC[C@@H](COc2cccc(C#N)c2)C1.